The molecule has 0 amide bonds. The third kappa shape index (κ3) is 2.28. The molecule has 0 N–H and O–H groups in total. The van der Waals surface area contributed by atoms with Crippen molar-refractivity contribution in [3.63, 3.8) is 0 Å². The molecule has 2 rings (SSSR count). The predicted molar refractivity (Wildman–Crippen MR) is 63.5 cm³/mol. The van der Waals surface area contributed by atoms with E-state index in [1.165, 1.54) is 0 Å². The molecule has 1 aromatic rings. The maximum Gasteiger partial charge on any atom is 0.233 e. The fourth-order valence-corrected chi connectivity index (χ4v) is 2.15. The van der Waals surface area contributed by atoms with Gasteiger partial charge in [-0.25, -0.2) is 4.98 Å². The number of hydrogen-bond acceptors (Lipinski definition) is 3. The molecule has 0 unspecified atom stereocenters. The zero-order valence-electron chi connectivity index (χ0n) is 9.45. The lowest BCUT2D eigenvalue weighted by Crippen LogP contribution is -2.50. The summed E-state index contributed by atoms with van der Waals surface area (Å²) >= 11 is 5.61. The van der Waals surface area contributed by atoms with Crippen LogP contribution in [0, 0.1) is 5.95 Å². The Labute approximate surface area is 99.8 Å². The predicted octanol–water partition coefficient (Wildman–Crippen LogP) is 2.01. The number of likely N-dealkylation sites (N-methyl/N-ethyl adjacent to an activating group) is 1. The van der Waals surface area contributed by atoms with E-state index in [0.29, 0.717) is 11.9 Å². The highest BCUT2D eigenvalue weighted by Gasteiger charge is 2.23. The van der Waals surface area contributed by atoms with Crippen LogP contribution in [0.2, 0.25) is 5.02 Å². The first-order valence-electron chi connectivity index (χ1n) is 5.35. The summed E-state index contributed by atoms with van der Waals surface area (Å²) in [5.41, 5.74) is 0. The summed E-state index contributed by atoms with van der Waals surface area (Å²) in [6, 6.07) is 3.67. The summed E-state index contributed by atoms with van der Waals surface area (Å²) in [5, 5.41) is 0.0746. The van der Waals surface area contributed by atoms with Crippen molar-refractivity contribution in [3.8, 4) is 0 Å². The minimum Gasteiger partial charge on any atom is -0.351 e. The molecule has 0 spiro atoms. The van der Waals surface area contributed by atoms with E-state index in [1.54, 1.807) is 12.1 Å². The summed E-state index contributed by atoms with van der Waals surface area (Å²) in [6.07, 6.45) is 0. The summed E-state index contributed by atoms with van der Waals surface area (Å²) in [6.45, 7) is 4.91. The van der Waals surface area contributed by atoms with E-state index in [2.05, 4.69) is 28.8 Å². The van der Waals surface area contributed by atoms with Crippen molar-refractivity contribution in [2.45, 2.75) is 13.0 Å². The van der Waals surface area contributed by atoms with Crippen molar-refractivity contribution in [2.24, 2.45) is 0 Å². The summed E-state index contributed by atoms with van der Waals surface area (Å²) in [5.74, 6) is 0.0767. The summed E-state index contributed by atoms with van der Waals surface area (Å²) in [4.78, 5) is 8.25. The number of rotatable bonds is 1. The second kappa shape index (κ2) is 4.55. The molecule has 1 fully saturated rings. The second-order valence-corrected chi connectivity index (χ2v) is 4.65. The smallest absolute Gasteiger partial charge is 0.233 e. The van der Waals surface area contributed by atoms with Crippen molar-refractivity contribution < 1.29 is 4.39 Å². The number of nitrogens with zero attached hydrogens (tertiary/aromatic N) is 3. The van der Waals surface area contributed by atoms with Crippen molar-refractivity contribution in [1.29, 1.82) is 0 Å². The average molecular weight is 244 g/mol. The van der Waals surface area contributed by atoms with Crippen molar-refractivity contribution in [3.05, 3.63) is 23.1 Å². The van der Waals surface area contributed by atoms with Crippen LogP contribution in [-0.4, -0.2) is 42.6 Å². The first-order chi connectivity index (χ1) is 7.58. The first-order valence-corrected chi connectivity index (χ1v) is 5.73. The summed E-state index contributed by atoms with van der Waals surface area (Å²) < 4.78 is 13.3. The van der Waals surface area contributed by atoms with E-state index in [4.69, 9.17) is 11.6 Å². The monoisotopic (exact) mass is 243 g/mol. The molecule has 2 heterocycles. The van der Waals surface area contributed by atoms with E-state index in [-0.39, 0.29) is 5.02 Å². The molecule has 5 heteroatoms. The molecule has 0 radical (unpaired) electrons. The number of hydrogen-bond donors (Lipinski definition) is 0. The topological polar surface area (TPSA) is 19.4 Å². The van der Waals surface area contributed by atoms with Gasteiger partial charge in [-0.2, -0.15) is 4.39 Å². The van der Waals surface area contributed by atoms with Crippen LogP contribution >= 0.6 is 11.6 Å². The van der Waals surface area contributed by atoms with Gasteiger partial charge in [0.05, 0.1) is 5.02 Å². The first kappa shape index (κ1) is 11.6. The van der Waals surface area contributed by atoms with E-state index >= 15 is 0 Å². The molecule has 16 heavy (non-hydrogen) atoms. The number of anilines is 1. The molecule has 1 saturated heterocycles. The Balaban J connectivity index is 2.20. The molecular weight excluding hydrogens is 229 g/mol. The fourth-order valence-electron chi connectivity index (χ4n) is 2.05. The quantitative estimate of drug-likeness (QED) is 0.704. The van der Waals surface area contributed by atoms with Gasteiger partial charge in [-0.1, -0.05) is 11.6 Å². The van der Waals surface area contributed by atoms with Gasteiger partial charge in [0, 0.05) is 25.7 Å². The van der Waals surface area contributed by atoms with Crippen LogP contribution < -0.4 is 4.90 Å². The molecule has 3 nitrogen and oxygen atoms in total. The molecule has 1 aliphatic rings. The van der Waals surface area contributed by atoms with E-state index in [1.807, 2.05) is 0 Å². The van der Waals surface area contributed by atoms with Crippen LogP contribution in [-0.2, 0) is 0 Å². The van der Waals surface area contributed by atoms with E-state index in [9.17, 15) is 4.39 Å². The lowest BCUT2D eigenvalue weighted by molar-refractivity contribution is 0.274. The molecule has 0 aliphatic carbocycles. The molecule has 1 aliphatic heterocycles. The van der Waals surface area contributed by atoms with Gasteiger partial charge in [0.25, 0.3) is 0 Å². The molecule has 1 aromatic heterocycles. The Kier molecular flexibility index (Phi) is 3.30. The van der Waals surface area contributed by atoms with Crippen LogP contribution in [0.5, 0.6) is 0 Å². The second-order valence-electron chi connectivity index (χ2n) is 4.25. The van der Waals surface area contributed by atoms with Gasteiger partial charge in [-0.15, -0.1) is 0 Å². The minimum atomic E-state index is -0.592. The van der Waals surface area contributed by atoms with Crippen molar-refractivity contribution in [2.75, 3.05) is 31.6 Å². The zero-order chi connectivity index (χ0) is 11.7. The average Bonchev–Trinajstić information content (AvgIpc) is 2.22. The van der Waals surface area contributed by atoms with Gasteiger partial charge in [-0.3, -0.25) is 0 Å². The van der Waals surface area contributed by atoms with E-state index in [0.717, 1.165) is 19.6 Å². The van der Waals surface area contributed by atoms with Crippen LogP contribution in [0.15, 0.2) is 12.1 Å². The van der Waals surface area contributed by atoms with Gasteiger partial charge >= 0.3 is 0 Å². The molecule has 88 valence electrons. The minimum absolute atomic E-state index is 0.0746. The molecule has 1 atom stereocenters. The molecule has 0 bridgehead atoms. The third-order valence-electron chi connectivity index (χ3n) is 2.91. The maximum absolute atomic E-state index is 13.3. The highest BCUT2D eigenvalue weighted by molar-refractivity contribution is 6.30. The Morgan fingerprint density at radius 3 is 2.81 bits per heavy atom. The summed E-state index contributed by atoms with van der Waals surface area (Å²) in [7, 11) is 2.09. The van der Waals surface area contributed by atoms with Crippen LogP contribution in [0.3, 0.4) is 0 Å². The Hall–Kier alpha value is -0.870. The Morgan fingerprint density at radius 1 is 1.44 bits per heavy atom. The fraction of sp³-hybridized carbons (Fsp3) is 0.545. The number of pyridine rings is 1. The normalized spacial score (nSPS) is 22.5. The number of aromatic nitrogens is 1. The van der Waals surface area contributed by atoms with E-state index < -0.39 is 5.95 Å². The Morgan fingerprint density at radius 2 is 2.19 bits per heavy atom. The Bertz CT molecular complexity index is 385. The number of piperazine rings is 1. The SMILES string of the molecule is C[C@H]1CN(C)CCN1c1ccc(Cl)c(F)n1. The largest absolute Gasteiger partial charge is 0.351 e. The third-order valence-corrected chi connectivity index (χ3v) is 3.20. The maximum atomic E-state index is 13.3. The van der Waals surface area contributed by atoms with Crippen LogP contribution in [0.1, 0.15) is 6.92 Å². The molecule has 0 aromatic carbocycles. The van der Waals surface area contributed by atoms with Crippen LogP contribution in [0.4, 0.5) is 10.2 Å². The van der Waals surface area contributed by atoms with Crippen molar-refractivity contribution >= 4 is 17.4 Å². The van der Waals surface area contributed by atoms with Crippen molar-refractivity contribution in [1.82, 2.24) is 9.88 Å². The van der Waals surface area contributed by atoms with Gasteiger partial charge in [0.2, 0.25) is 5.95 Å². The lowest BCUT2D eigenvalue weighted by Gasteiger charge is -2.39. The lowest BCUT2D eigenvalue weighted by atomic mass is 10.2. The molecular formula is C11H15ClFN3. The highest BCUT2D eigenvalue weighted by atomic mass is 35.5. The zero-order valence-corrected chi connectivity index (χ0v) is 10.2. The standard InChI is InChI=1S/C11H15ClFN3/c1-8-7-15(2)5-6-16(8)10-4-3-9(12)11(13)14-10/h3-4,8H,5-7H2,1-2H3/t8-/m0/s1. The van der Waals surface area contributed by atoms with Crippen LogP contribution in [0.25, 0.3) is 0 Å². The number of halogens is 2. The van der Waals surface area contributed by atoms with Gasteiger partial charge in [0.1, 0.15) is 5.82 Å². The van der Waals surface area contributed by atoms with Gasteiger partial charge in [-0.05, 0) is 26.1 Å². The highest BCUT2D eigenvalue weighted by Crippen LogP contribution is 2.21. The molecule has 0 saturated carbocycles. The van der Waals surface area contributed by atoms with Gasteiger partial charge in [0.15, 0.2) is 0 Å². The van der Waals surface area contributed by atoms with Gasteiger partial charge < -0.3 is 9.80 Å².